The van der Waals surface area contributed by atoms with Gasteiger partial charge in [-0.2, -0.15) is 11.8 Å². The van der Waals surface area contributed by atoms with Gasteiger partial charge in [-0.05, 0) is 30.7 Å². The maximum absolute atomic E-state index is 5.60. The minimum atomic E-state index is 0.351. The van der Waals surface area contributed by atoms with Gasteiger partial charge in [-0.3, -0.25) is 0 Å². The highest BCUT2D eigenvalue weighted by Gasteiger charge is 2.27. The second-order valence-electron chi connectivity index (χ2n) is 4.45. The van der Waals surface area contributed by atoms with E-state index in [0.29, 0.717) is 22.0 Å². The van der Waals surface area contributed by atoms with Crippen molar-refractivity contribution < 1.29 is 0 Å². The fourth-order valence-corrected chi connectivity index (χ4v) is 3.66. The van der Waals surface area contributed by atoms with Gasteiger partial charge in [-0.15, -0.1) is 0 Å². The van der Waals surface area contributed by atoms with Crippen LogP contribution in [0.1, 0.15) is 31.9 Å². The number of hydrogen-bond donors (Lipinski definition) is 2. The molecule has 2 atom stereocenters. The van der Waals surface area contributed by atoms with Crippen molar-refractivity contribution in [1.82, 2.24) is 4.98 Å². The highest BCUT2D eigenvalue weighted by Crippen LogP contribution is 2.31. The minimum Gasteiger partial charge on any atom is -0.388 e. The lowest BCUT2D eigenvalue weighted by atomic mass is 10.2. The van der Waals surface area contributed by atoms with Gasteiger partial charge < -0.3 is 11.1 Å². The van der Waals surface area contributed by atoms with Gasteiger partial charge in [0.05, 0.1) is 5.69 Å². The average molecular weight is 281 g/mol. The predicted molar refractivity (Wildman–Crippen MR) is 83.3 cm³/mol. The number of thiocarbonyl (C=S) groups is 1. The maximum atomic E-state index is 5.60. The first-order valence-corrected chi connectivity index (χ1v) is 7.81. The summed E-state index contributed by atoms with van der Waals surface area (Å²) in [6.45, 7) is 2.21. The van der Waals surface area contributed by atoms with Crippen molar-refractivity contribution in [3.63, 3.8) is 0 Å². The Hall–Kier alpha value is -0.810. The normalized spacial score (nSPS) is 22.9. The third kappa shape index (κ3) is 3.36. The molecule has 0 radical (unpaired) electrons. The number of pyridine rings is 1. The molecule has 3 N–H and O–H groups in total. The smallest absolute Gasteiger partial charge is 0.126 e. The predicted octanol–water partition coefficient (Wildman–Crippen LogP) is 2.80. The Morgan fingerprint density at radius 1 is 1.56 bits per heavy atom. The molecule has 0 spiro atoms. The SMILES string of the molecule is CCSC1CCCC1Nc1cccc(C(N)=S)n1. The highest BCUT2D eigenvalue weighted by molar-refractivity contribution is 7.99. The van der Waals surface area contributed by atoms with Gasteiger partial charge in [0.15, 0.2) is 0 Å². The van der Waals surface area contributed by atoms with Crippen molar-refractivity contribution in [3.8, 4) is 0 Å². The lowest BCUT2D eigenvalue weighted by molar-refractivity contribution is 0.762. The van der Waals surface area contributed by atoms with Crippen molar-refractivity contribution in [3.05, 3.63) is 23.9 Å². The van der Waals surface area contributed by atoms with Crippen LogP contribution in [-0.2, 0) is 0 Å². The standard InChI is InChI=1S/C13H19N3S2/c1-2-18-11-7-3-5-9(11)15-12-8-4-6-10(16-12)13(14)17/h4,6,8-9,11H,2-3,5,7H2,1H3,(H2,14,17)(H,15,16). The van der Waals surface area contributed by atoms with E-state index in [1.54, 1.807) is 0 Å². The van der Waals surface area contributed by atoms with Crippen LogP contribution in [0, 0.1) is 0 Å². The Morgan fingerprint density at radius 3 is 3.11 bits per heavy atom. The van der Waals surface area contributed by atoms with Crippen molar-refractivity contribution in [2.24, 2.45) is 5.73 Å². The molecule has 1 aliphatic carbocycles. The molecule has 18 heavy (non-hydrogen) atoms. The fourth-order valence-electron chi connectivity index (χ4n) is 2.35. The summed E-state index contributed by atoms with van der Waals surface area (Å²) in [5.41, 5.74) is 6.29. The summed E-state index contributed by atoms with van der Waals surface area (Å²) in [4.78, 5) is 4.80. The molecule has 0 amide bonds. The van der Waals surface area contributed by atoms with Crippen LogP contribution in [0.25, 0.3) is 0 Å². The zero-order valence-corrected chi connectivity index (χ0v) is 12.2. The monoisotopic (exact) mass is 281 g/mol. The van der Waals surface area contributed by atoms with Gasteiger partial charge in [0.1, 0.15) is 10.8 Å². The van der Waals surface area contributed by atoms with Crippen LogP contribution < -0.4 is 11.1 Å². The lowest BCUT2D eigenvalue weighted by Crippen LogP contribution is -2.27. The molecule has 0 aromatic carbocycles. The number of nitrogens with two attached hydrogens (primary N) is 1. The van der Waals surface area contributed by atoms with E-state index < -0.39 is 0 Å². The van der Waals surface area contributed by atoms with Crippen LogP contribution in [0.5, 0.6) is 0 Å². The Labute approximate surface area is 118 Å². The molecule has 5 heteroatoms. The second kappa shape index (κ2) is 6.38. The van der Waals surface area contributed by atoms with E-state index in [2.05, 4.69) is 17.2 Å². The molecule has 0 bridgehead atoms. The molecule has 1 aromatic heterocycles. The fraction of sp³-hybridized carbons (Fsp3) is 0.538. The highest BCUT2D eigenvalue weighted by atomic mass is 32.2. The molecular weight excluding hydrogens is 262 g/mol. The Bertz CT molecular complexity index is 422. The average Bonchev–Trinajstić information content (AvgIpc) is 2.77. The second-order valence-corrected chi connectivity index (χ2v) is 6.40. The van der Waals surface area contributed by atoms with E-state index in [4.69, 9.17) is 18.0 Å². The number of anilines is 1. The van der Waals surface area contributed by atoms with Gasteiger partial charge in [0.2, 0.25) is 0 Å². The summed E-state index contributed by atoms with van der Waals surface area (Å²) >= 11 is 6.99. The van der Waals surface area contributed by atoms with E-state index in [0.717, 1.165) is 5.82 Å². The van der Waals surface area contributed by atoms with Crippen LogP contribution in [0.4, 0.5) is 5.82 Å². The van der Waals surface area contributed by atoms with Crippen molar-refractivity contribution in [2.75, 3.05) is 11.1 Å². The van der Waals surface area contributed by atoms with E-state index in [1.165, 1.54) is 25.0 Å². The van der Waals surface area contributed by atoms with Crippen molar-refractivity contribution >= 4 is 34.8 Å². The number of hydrogen-bond acceptors (Lipinski definition) is 4. The Kier molecular flexibility index (Phi) is 4.83. The summed E-state index contributed by atoms with van der Waals surface area (Å²) in [5, 5.41) is 4.22. The van der Waals surface area contributed by atoms with E-state index in [9.17, 15) is 0 Å². The van der Waals surface area contributed by atoms with Gasteiger partial charge >= 0.3 is 0 Å². The van der Waals surface area contributed by atoms with Crippen LogP contribution in [-0.4, -0.2) is 27.0 Å². The van der Waals surface area contributed by atoms with Crippen molar-refractivity contribution in [2.45, 2.75) is 37.5 Å². The number of aromatic nitrogens is 1. The third-order valence-electron chi connectivity index (χ3n) is 3.17. The maximum Gasteiger partial charge on any atom is 0.126 e. The first-order chi connectivity index (χ1) is 8.70. The first kappa shape index (κ1) is 13.6. The number of nitrogens with one attached hydrogen (secondary N) is 1. The largest absolute Gasteiger partial charge is 0.388 e. The summed E-state index contributed by atoms with van der Waals surface area (Å²) in [5.74, 6) is 2.05. The molecule has 2 unspecified atom stereocenters. The molecule has 0 saturated heterocycles. The third-order valence-corrected chi connectivity index (χ3v) is 4.70. The molecule has 1 aliphatic rings. The van der Waals surface area contributed by atoms with Crippen LogP contribution in [0.3, 0.4) is 0 Å². The summed E-state index contributed by atoms with van der Waals surface area (Å²) in [6.07, 6.45) is 3.81. The van der Waals surface area contributed by atoms with Crippen LogP contribution in [0.15, 0.2) is 18.2 Å². The molecular formula is C13H19N3S2. The summed E-state index contributed by atoms with van der Waals surface area (Å²) in [6, 6.07) is 6.29. The van der Waals surface area contributed by atoms with E-state index in [1.807, 2.05) is 30.0 Å². The quantitative estimate of drug-likeness (QED) is 0.813. The first-order valence-electron chi connectivity index (χ1n) is 6.35. The minimum absolute atomic E-state index is 0.351. The Morgan fingerprint density at radius 2 is 2.39 bits per heavy atom. The summed E-state index contributed by atoms with van der Waals surface area (Å²) < 4.78 is 0. The van der Waals surface area contributed by atoms with Crippen molar-refractivity contribution in [1.29, 1.82) is 0 Å². The zero-order valence-electron chi connectivity index (χ0n) is 10.6. The zero-order chi connectivity index (χ0) is 13.0. The van der Waals surface area contributed by atoms with Gasteiger partial charge in [-0.1, -0.05) is 31.6 Å². The molecule has 1 aromatic rings. The molecule has 2 rings (SSSR count). The molecule has 1 fully saturated rings. The Balaban J connectivity index is 2.04. The molecule has 1 heterocycles. The van der Waals surface area contributed by atoms with Gasteiger partial charge in [0.25, 0.3) is 0 Å². The van der Waals surface area contributed by atoms with Crippen LogP contribution >= 0.6 is 24.0 Å². The van der Waals surface area contributed by atoms with Crippen LogP contribution in [0.2, 0.25) is 0 Å². The van der Waals surface area contributed by atoms with Gasteiger partial charge in [0, 0.05) is 11.3 Å². The molecule has 98 valence electrons. The molecule has 1 saturated carbocycles. The van der Waals surface area contributed by atoms with Gasteiger partial charge in [-0.25, -0.2) is 4.98 Å². The van der Waals surface area contributed by atoms with E-state index >= 15 is 0 Å². The molecule has 3 nitrogen and oxygen atoms in total. The number of rotatable bonds is 5. The topological polar surface area (TPSA) is 50.9 Å². The summed E-state index contributed by atoms with van der Waals surface area (Å²) in [7, 11) is 0. The number of nitrogens with zero attached hydrogens (tertiary/aromatic N) is 1. The van der Waals surface area contributed by atoms with E-state index in [-0.39, 0.29) is 0 Å². The lowest BCUT2D eigenvalue weighted by Gasteiger charge is -2.20. The molecule has 0 aliphatic heterocycles. The number of thioether (sulfide) groups is 1.